The van der Waals surface area contributed by atoms with Crippen LogP contribution in [0.3, 0.4) is 0 Å². The van der Waals surface area contributed by atoms with Crippen LogP contribution in [0, 0.1) is 40.5 Å². The van der Waals surface area contributed by atoms with Gasteiger partial charge in [-0.3, -0.25) is 50.0 Å². The van der Waals surface area contributed by atoms with Gasteiger partial charge in [0.1, 0.15) is 32.5 Å². The summed E-state index contributed by atoms with van der Waals surface area (Å²) in [6.45, 7) is -2.54. The third kappa shape index (κ3) is 3.62. The number of hydrogen-bond donors (Lipinski definition) is 1. The van der Waals surface area contributed by atoms with Crippen molar-refractivity contribution in [3.63, 3.8) is 0 Å². The summed E-state index contributed by atoms with van der Waals surface area (Å²) in [7, 11) is 0. The predicted molar refractivity (Wildman–Crippen MR) is 76.1 cm³/mol. The van der Waals surface area contributed by atoms with E-state index in [0.29, 0.717) is 4.90 Å². The van der Waals surface area contributed by atoms with Crippen LogP contribution in [-0.2, 0) is 9.59 Å². The number of piperidine rings is 1. The molecule has 0 radical (unpaired) electrons. The second-order valence-electron chi connectivity index (χ2n) is 5.64. The first kappa shape index (κ1) is 20.6. The molecule has 1 N–H and O–H groups in total. The highest BCUT2D eigenvalue weighted by molar-refractivity contribution is 5.77. The Morgan fingerprint density at radius 2 is 1.62 bits per heavy atom. The quantitative estimate of drug-likeness (QED) is 0.289. The maximum absolute atomic E-state index is 11.9. The highest BCUT2D eigenvalue weighted by atomic mass is 16.7. The molecule has 0 atom stereocenters. The van der Waals surface area contributed by atoms with Crippen molar-refractivity contribution in [2.24, 2.45) is 0 Å². The standard InChI is InChI=1S/C10H13N5O11/c16-7-1-3-9(12(19)20,13(21)22)5-11(7)6-10(14(23)24,15(25)26)4-2-8(17)18/h1-6H2,(H,17,18). The molecule has 1 aliphatic rings. The number of aliphatic carboxylic acids is 1. The van der Waals surface area contributed by atoms with Crippen molar-refractivity contribution < 1.29 is 34.4 Å². The first-order valence-electron chi connectivity index (χ1n) is 6.96. The number of likely N-dealkylation sites (tertiary alicyclic amines) is 1. The largest absolute Gasteiger partial charge is 0.481 e. The Hall–Kier alpha value is -3.46. The van der Waals surface area contributed by atoms with Crippen molar-refractivity contribution in [3.05, 3.63) is 40.5 Å². The second kappa shape index (κ2) is 7.19. The van der Waals surface area contributed by atoms with Gasteiger partial charge >= 0.3 is 17.3 Å². The van der Waals surface area contributed by atoms with E-state index in [0.717, 1.165) is 0 Å². The number of hydrogen-bond acceptors (Lipinski definition) is 10. The number of carboxylic acids is 1. The number of nitrogens with zero attached hydrogens (tertiary/aromatic N) is 5. The molecule has 16 nitrogen and oxygen atoms in total. The van der Waals surface area contributed by atoms with Gasteiger partial charge in [-0.2, -0.15) is 0 Å². The van der Waals surface area contributed by atoms with E-state index in [2.05, 4.69) is 0 Å². The highest BCUT2D eigenvalue weighted by Gasteiger charge is 2.64. The monoisotopic (exact) mass is 379 g/mol. The molecule has 16 heteroatoms. The van der Waals surface area contributed by atoms with Crippen LogP contribution in [0.15, 0.2) is 0 Å². The number of carbonyl (C=O) groups excluding carboxylic acids is 1. The Morgan fingerprint density at radius 3 is 2.00 bits per heavy atom. The lowest BCUT2D eigenvalue weighted by molar-refractivity contribution is -0.804. The molecule has 0 aromatic carbocycles. The fourth-order valence-corrected chi connectivity index (χ4v) is 2.50. The maximum atomic E-state index is 11.9. The summed E-state index contributed by atoms with van der Waals surface area (Å²) in [6.07, 6.45) is -3.59. The van der Waals surface area contributed by atoms with Crippen LogP contribution in [0.5, 0.6) is 0 Å². The molecular weight excluding hydrogens is 366 g/mol. The van der Waals surface area contributed by atoms with Crippen molar-refractivity contribution in [2.45, 2.75) is 37.0 Å². The third-order valence-electron chi connectivity index (χ3n) is 4.08. The minimum absolute atomic E-state index is 0.308. The van der Waals surface area contributed by atoms with Crippen LogP contribution in [0.4, 0.5) is 0 Å². The van der Waals surface area contributed by atoms with E-state index in [9.17, 15) is 50.0 Å². The predicted octanol–water partition coefficient (Wildman–Crippen LogP) is -1.03. The van der Waals surface area contributed by atoms with Crippen LogP contribution < -0.4 is 0 Å². The lowest BCUT2D eigenvalue weighted by Crippen LogP contribution is -2.64. The van der Waals surface area contributed by atoms with Gasteiger partial charge in [0.25, 0.3) is 0 Å². The number of rotatable bonds is 9. The maximum Gasteiger partial charge on any atom is 0.475 e. The minimum Gasteiger partial charge on any atom is -0.481 e. The lowest BCUT2D eigenvalue weighted by atomic mass is 9.96. The van der Waals surface area contributed by atoms with Gasteiger partial charge in [-0.15, -0.1) is 0 Å². The summed E-state index contributed by atoms with van der Waals surface area (Å²) in [6, 6.07) is 0. The Kier molecular flexibility index (Phi) is 5.70. The fraction of sp³-hybridized carbons (Fsp3) is 0.800. The summed E-state index contributed by atoms with van der Waals surface area (Å²) in [5.74, 6) is -2.55. The molecule has 1 aliphatic heterocycles. The molecule has 1 heterocycles. The van der Waals surface area contributed by atoms with Crippen LogP contribution in [0.2, 0.25) is 0 Å². The van der Waals surface area contributed by atoms with E-state index in [1.165, 1.54) is 0 Å². The van der Waals surface area contributed by atoms with Crippen molar-refractivity contribution in [3.8, 4) is 0 Å². The van der Waals surface area contributed by atoms with Crippen molar-refractivity contribution in [1.29, 1.82) is 0 Å². The average molecular weight is 379 g/mol. The van der Waals surface area contributed by atoms with Gasteiger partial charge in [-0.1, -0.05) is 0 Å². The molecule has 0 saturated carbocycles. The lowest BCUT2D eigenvalue weighted by Gasteiger charge is -2.32. The zero-order valence-corrected chi connectivity index (χ0v) is 13.0. The molecule has 1 rings (SSSR count). The molecule has 1 amide bonds. The first-order valence-corrected chi connectivity index (χ1v) is 6.96. The fourth-order valence-electron chi connectivity index (χ4n) is 2.50. The van der Waals surface area contributed by atoms with Gasteiger partial charge in [0.05, 0.1) is 6.42 Å². The molecule has 0 unspecified atom stereocenters. The molecule has 0 spiro atoms. The Bertz CT molecular complexity index is 648. The number of carbonyl (C=O) groups is 2. The molecular formula is C10H13N5O11. The molecule has 1 fully saturated rings. The van der Waals surface area contributed by atoms with E-state index in [1.54, 1.807) is 0 Å². The second-order valence-corrected chi connectivity index (χ2v) is 5.64. The molecule has 0 aromatic heterocycles. The van der Waals surface area contributed by atoms with E-state index in [1.807, 2.05) is 0 Å². The third-order valence-corrected chi connectivity index (χ3v) is 4.08. The van der Waals surface area contributed by atoms with Gasteiger partial charge < -0.3 is 10.0 Å². The molecule has 144 valence electrons. The van der Waals surface area contributed by atoms with Crippen molar-refractivity contribution >= 4 is 11.9 Å². The number of carboxylic acid groups (broad SMARTS) is 1. The smallest absolute Gasteiger partial charge is 0.475 e. The van der Waals surface area contributed by atoms with Crippen LogP contribution in [0.1, 0.15) is 25.7 Å². The first-order chi connectivity index (χ1) is 11.9. The number of amides is 1. The zero-order valence-electron chi connectivity index (χ0n) is 13.0. The number of nitro groups is 4. The Labute approximate surface area is 143 Å². The molecule has 0 aromatic rings. The van der Waals surface area contributed by atoms with E-state index in [4.69, 9.17) is 5.11 Å². The van der Waals surface area contributed by atoms with E-state index in [-0.39, 0.29) is 0 Å². The Balaban J connectivity index is 3.26. The van der Waals surface area contributed by atoms with Gasteiger partial charge in [-0.05, 0) is 0 Å². The topological polar surface area (TPSA) is 230 Å². The van der Waals surface area contributed by atoms with Gasteiger partial charge in [0, 0.05) is 6.42 Å². The van der Waals surface area contributed by atoms with E-state index >= 15 is 0 Å². The zero-order chi connectivity index (χ0) is 20.3. The van der Waals surface area contributed by atoms with E-state index < -0.39 is 81.7 Å². The summed E-state index contributed by atoms with van der Waals surface area (Å²) < 4.78 is 0. The Morgan fingerprint density at radius 1 is 1.12 bits per heavy atom. The molecule has 0 bridgehead atoms. The summed E-state index contributed by atoms with van der Waals surface area (Å²) >= 11 is 0. The highest BCUT2D eigenvalue weighted by Crippen LogP contribution is 2.29. The molecule has 1 saturated heterocycles. The van der Waals surface area contributed by atoms with Crippen LogP contribution in [0.25, 0.3) is 0 Å². The van der Waals surface area contributed by atoms with Gasteiger partial charge in [0.2, 0.25) is 5.91 Å². The normalized spacial score (nSPS) is 16.8. The molecule has 26 heavy (non-hydrogen) atoms. The SMILES string of the molecule is O=C(O)CCC(CN1CC([N+](=O)[O-])([N+](=O)[O-])CCC1=O)([N+](=O)[O-])[N+](=O)[O-]. The summed E-state index contributed by atoms with van der Waals surface area (Å²) in [4.78, 5) is 62.2. The van der Waals surface area contributed by atoms with Crippen molar-refractivity contribution in [1.82, 2.24) is 4.90 Å². The van der Waals surface area contributed by atoms with Gasteiger partial charge in [0.15, 0.2) is 13.1 Å². The van der Waals surface area contributed by atoms with Crippen LogP contribution >= 0.6 is 0 Å². The average Bonchev–Trinajstić information content (AvgIpc) is 2.51. The van der Waals surface area contributed by atoms with Crippen molar-refractivity contribution in [2.75, 3.05) is 13.1 Å². The molecule has 0 aliphatic carbocycles. The summed E-state index contributed by atoms with van der Waals surface area (Å²) in [5.41, 5.74) is -6.01. The van der Waals surface area contributed by atoms with Crippen LogP contribution in [-0.4, -0.2) is 66.0 Å². The summed E-state index contributed by atoms with van der Waals surface area (Å²) in [5, 5.41) is 53.3. The van der Waals surface area contributed by atoms with Gasteiger partial charge in [-0.25, -0.2) is 0 Å². The minimum atomic E-state index is -3.16.